The first-order valence-corrected chi connectivity index (χ1v) is 7.61. The van der Waals surface area contributed by atoms with Crippen LogP contribution in [0.15, 0.2) is 4.99 Å². The number of nitrogens with two attached hydrogens (primary N) is 1. The number of nitrogens with zero attached hydrogens (tertiary/aromatic N) is 2. The maximum atomic E-state index is 5.51. The smallest absolute Gasteiger partial charge is 0.205 e. The summed E-state index contributed by atoms with van der Waals surface area (Å²) in [5, 5.41) is 3.22. The highest BCUT2D eigenvalue weighted by Crippen LogP contribution is 2.30. The van der Waals surface area contributed by atoms with E-state index in [4.69, 9.17) is 10.6 Å². The Kier molecular flexibility index (Phi) is 7.87. The number of hydrogen-bond acceptors (Lipinski definition) is 4. The molecule has 20 heavy (non-hydrogen) atoms. The summed E-state index contributed by atoms with van der Waals surface area (Å²) < 4.78 is 5.29. The predicted molar refractivity (Wildman–Crippen MR) is 83.6 cm³/mol. The summed E-state index contributed by atoms with van der Waals surface area (Å²) in [6.07, 6.45) is 3.33. The fraction of sp³-hybridized carbons (Fsp3) is 0.929. The highest BCUT2D eigenvalue weighted by atomic mass is 16.5. The first-order valence-electron chi connectivity index (χ1n) is 7.61. The van der Waals surface area contributed by atoms with Crippen molar-refractivity contribution >= 4 is 5.96 Å². The SMILES string of the molecule is CCOCCCNC(=NCC1(C)CCN(C)CC1)NN. The normalized spacial score (nSPS) is 19.9. The Bertz CT molecular complexity index is 287. The van der Waals surface area contributed by atoms with Crippen molar-refractivity contribution in [1.82, 2.24) is 15.6 Å². The lowest BCUT2D eigenvalue weighted by atomic mass is 9.80. The van der Waals surface area contributed by atoms with Crippen LogP contribution in [0.25, 0.3) is 0 Å². The van der Waals surface area contributed by atoms with Crippen LogP contribution in [0.1, 0.15) is 33.1 Å². The van der Waals surface area contributed by atoms with Crippen molar-refractivity contribution in [3.05, 3.63) is 0 Å². The molecule has 0 saturated carbocycles. The Morgan fingerprint density at radius 2 is 2.10 bits per heavy atom. The number of guanidine groups is 1. The van der Waals surface area contributed by atoms with E-state index in [1.54, 1.807) is 0 Å². The quantitative estimate of drug-likeness (QED) is 0.209. The van der Waals surface area contributed by atoms with Gasteiger partial charge in [-0.05, 0) is 51.7 Å². The molecule has 6 heteroatoms. The number of aliphatic imine (C=N–C) groups is 1. The largest absolute Gasteiger partial charge is 0.382 e. The molecule has 0 aromatic heterocycles. The number of likely N-dealkylation sites (tertiary alicyclic amines) is 1. The van der Waals surface area contributed by atoms with Gasteiger partial charge in [0.2, 0.25) is 5.96 Å². The zero-order valence-electron chi connectivity index (χ0n) is 13.2. The number of hydrogen-bond donors (Lipinski definition) is 3. The molecule has 1 rings (SSSR count). The minimum atomic E-state index is 0.293. The highest BCUT2D eigenvalue weighted by Gasteiger charge is 2.28. The molecule has 0 aliphatic carbocycles. The average Bonchev–Trinajstić information content (AvgIpc) is 2.45. The van der Waals surface area contributed by atoms with E-state index in [-0.39, 0.29) is 0 Å². The lowest BCUT2D eigenvalue weighted by molar-refractivity contribution is 0.145. The number of piperidine rings is 1. The molecule has 0 aromatic carbocycles. The second kappa shape index (κ2) is 9.15. The van der Waals surface area contributed by atoms with Crippen molar-refractivity contribution in [2.45, 2.75) is 33.1 Å². The van der Waals surface area contributed by atoms with Crippen LogP contribution in [0.4, 0.5) is 0 Å². The van der Waals surface area contributed by atoms with Crippen LogP contribution in [0.2, 0.25) is 0 Å². The van der Waals surface area contributed by atoms with E-state index in [0.717, 1.165) is 45.8 Å². The Morgan fingerprint density at radius 1 is 1.40 bits per heavy atom. The number of nitrogens with one attached hydrogen (secondary N) is 2. The van der Waals surface area contributed by atoms with E-state index in [2.05, 4.69) is 34.6 Å². The molecule has 1 fully saturated rings. The van der Waals surface area contributed by atoms with Gasteiger partial charge >= 0.3 is 0 Å². The van der Waals surface area contributed by atoms with Crippen LogP contribution >= 0.6 is 0 Å². The molecule has 0 radical (unpaired) electrons. The Morgan fingerprint density at radius 3 is 2.70 bits per heavy atom. The fourth-order valence-corrected chi connectivity index (χ4v) is 2.26. The van der Waals surface area contributed by atoms with Gasteiger partial charge in [0, 0.05) is 26.3 Å². The molecule has 0 atom stereocenters. The minimum Gasteiger partial charge on any atom is -0.382 e. The van der Waals surface area contributed by atoms with Crippen LogP contribution in [-0.2, 0) is 4.74 Å². The topological polar surface area (TPSA) is 74.9 Å². The van der Waals surface area contributed by atoms with Gasteiger partial charge in [-0.15, -0.1) is 0 Å². The molecule has 1 aliphatic heterocycles. The lowest BCUT2D eigenvalue weighted by Gasteiger charge is -2.36. The third kappa shape index (κ3) is 6.54. The number of hydrazine groups is 1. The molecular formula is C14H31N5O. The molecule has 0 spiro atoms. The summed E-state index contributed by atoms with van der Waals surface area (Å²) in [4.78, 5) is 6.97. The van der Waals surface area contributed by atoms with Crippen molar-refractivity contribution in [3.63, 3.8) is 0 Å². The summed E-state index contributed by atoms with van der Waals surface area (Å²) >= 11 is 0. The summed E-state index contributed by atoms with van der Waals surface area (Å²) in [6.45, 7) is 9.80. The third-order valence-electron chi connectivity index (χ3n) is 3.91. The molecule has 0 aromatic rings. The van der Waals surface area contributed by atoms with Gasteiger partial charge in [0.05, 0.1) is 0 Å². The molecule has 0 unspecified atom stereocenters. The molecule has 118 valence electrons. The van der Waals surface area contributed by atoms with E-state index in [0.29, 0.717) is 11.4 Å². The summed E-state index contributed by atoms with van der Waals surface area (Å²) in [7, 11) is 2.18. The van der Waals surface area contributed by atoms with E-state index in [1.807, 2.05) is 6.92 Å². The van der Waals surface area contributed by atoms with Crippen LogP contribution in [0.3, 0.4) is 0 Å². The maximum Gasteiger partial charge on any atom is 0.205 e. The highest BCUT2D eigenvalue weighted by molar-refractivity contribution is 5.79. The first-order chi connectivity index (χ1) is 9.59. The first kappa shape index (κ1) is 17.2. The van der Waals surface area contributed by atoms with Gasteiger partial charge in [-0.25, -0.2) is 5.84 Å². The van der Waals surface area contributed by atoms with Crippen LogP contribution in [-0.4, -0.2) is 57.3 Å². The maximum absolute atomic E-state index is 5.51. The van der Waals surface area contributed by atoms with Crippen molar-refractivity contribution < 1.29 is 4.74 Å². The van der Waals surface area contributed by atoms with Gasteiger partial charge in [0.15, 0.2) is 0 Å². The third-order valence-corrected chi connectivity index (χ3v) is 3.91. The Balaban J connectivity index is 2.29. The molecule has 6 nitrogen and oxygen atoms in total. The zero-order valence-corrected chi connectivity index (χ0v) is 13.2. The predicted octanol–water partition coefficient (Wildman–Crippen LogP) is 0.554. The molecule has 1 saturated heterocycles. The number of ether oxygens (including phenoxy) is 1. The van der Waals surface area contributed by atoms with E-state index in [1.165, 1.54) is 12.8 Å². The van der Waals surface area contributed by atoms with Crippen molar-refractivity contribution in [2.75, 3.05) is 46.4 Å². The van der Waals surface area contributed by atoms with E-state index in [9.17, 15) is 0 Å². The molecule has 0 amide bonds. The second-order valence-corrected chi connectivity index (χ2v) is 5.90. The lowest BCUT2D eigenvalue weighted by Crippen LogP contribution is -2.44. The van der Waals surface area contributed by atoms with Gasteiger partial charge in [0.1, 0.15) is 0 Å². The van der Waals surface area contributed by atoms with Gasteiger partial charge < -0.3 is 15.0 Å². The van der Waals surface area contributed by atoms with Crippen molar-refractivity contribution in [2.24, 2.45) is 16.3 Å². The Labute approximate surface area is 123 Å². The van der Waals surface area contributed by atoms with Crippen LogP contribution in [0, 0.1) is 5.41 Å². The van der Waals surface area contributed by atoms with Gasteiger partial charge in [-0.2, -0.15) is 0 Å². The minimum absolute atomic E-state index is 0.293. The monoisotopic (exact) mass is 285 g/mol. The molecule has 4 N–H and O–H groups in total. The molecular weight excluding hydrogens is 254 g/mol. The second-order valence-electron chi connectivity index (χ2n) is 5.90. The zero-order chi connectivity index (χ0) is 14.8. The van der Waals surface area contributed by atoms with Crippen LogP contribution < -0.4 is 16.6 Å². The fourth-order valence-electron chi connectivity index (χ4n) is 2.26. The molecule has 1 aliphatic rings. The van der Waals surface area contributed by atoms with Crippen LogP contribution in [0.5, 0.6) is 0 Å². The molecule has 1 heterocycles. The molecule has 0 bridgehead atoms. The Hall–Kier alpha value is -0.850. The van der Waals surface area contributed by atoms with E-state index < -0.39 is 0 Å². The summed E-state index contributed by atoms with van der Waals surface area (Å²) in [5.41, 5.74) is 2.94. The van der Waals surface area contributed by atoms with Gasteiger partial charge in [0.25, 0.3) is 0 Å². The van der Waals surface area contributed by atoms with E-state index >= 15 is 0 Å². The van der Waals surface area contributed by atoms with Crippen molar-refractivity contribution in [1.29, 1.82) is 0 Å². The number of rotatable bonds is 7. The standard InChI is InChI=1S/C14H31N5O/c1-4-20-11-5-8-16-13(18-15)17-12-14(2)6-9-19(3)10-7-14/h4-12,15H2,1-3H3,(H2,16,17,18). The van der Waals surface area contributed by atoms with Crippen molar-refractivity contribution in [3.8, 4) is 0 Å². The summed E-state index contributed by atoms with van der Waals surface area (Å²) in [5.74, 6) is 6.19. The van der Waals surface area contributed by atoms with Gasteiger partial charge in [-0.3, -0.25) is 10.4 Å². The average molecular weight is 285 g/mol. The summed E-state index contributed by atoms with van der Waals surface area (Å²) in [6, 6.07) is 0. The van der Waals surface area contributed by atoms with Gasteiger partial charge in [-0.1, -0.05) is 6.92 Å².